The SMILES string of the molecule is CCCNC(C)CC(C)(C)c1ccc(OC)c(Br)c1OC. The van der Waals surface area contributed by atoms with Crippen molar-refractivity contribution in [1.82, 2.24) is 5.32 Å². The molecule has 0 heterocycles. The van der Waals surface area contributed by atoms with E-state index in [9.17, 15) is 0 Å². The lowest BCUT2D eigenvalue weighted by atomic mass is 9.78. The Balaban J connectivity index is 3.04. The van der Waals surface area contributed by atoms with E-state index in [-0.39, 0.29) is 5.41 Å². The van der Waals surface area contributed by atoms with Crippen LogP contribution >= 0.6 is 15.9 Å². The van der Waals surface area contributed by atoms with E-state index in [4.69, 9.17) is 9.47 Å². The van der Waals surface area contributed by atoms with Crippen molar-refractivity contribution in [1.29, 1.82) is 0 Å². The minimum absolute atomic E-state index is 0.0142. The fourth-order valence-electron chi connectivity index (χ4n) is 2.77. The van der Waals surface area contributed by atoms with Gasteiger partial charge in [0.25, 0.3) is 0 Å². The molecule has 1 unspecified atom stereocenters. The van der Waals surface area contributed by atoms with E-state index in [1.165, 1.54) is 5.56 Å². The third kappa shape index (κ3) is 4.62. The highest BCUT2D eigenvalue weighted by atomic mass is 79.9. The molecule has 0 saturated heterocycles. The summed E-state index contributed by atoms with van der Waals surface area (Å²) in [5.74, 6) is 1.66. The molecule has 0 aliphatic rings. The molecule has 0 aliphatic heterocycles. The van der Waals surface area contributed by atoms with Crippen LogP contribution < -0.4 is 14.8 Å². The number of hydrogen-bond donors (Lipinski definition) is 1. The number of hydrogen-bond acceptors (Lipinski definition) is 3. The quantitative estimate of drug-likeness (QED) is 0.741. The summed E-state index contributed by atoms with van der Waals surface area (Å²) < 4.78 is 11.9. The molecule has 4 heteroatoms. The van der Waals surface area contributed by atoms with Crippen LogP contribution in [0.1, 0.15) is 46.1 Å². The summed E-state index contributed by atoms with van der Waals surface area (Å²) in [7, 11) is 3.37. The first-order valence-corrected chi connectivity index (χ1v) is 8.31. The van der Waals surface area contributed by atoms with Crippen LogP contribution in [0.15, 0.2) is 16.6 Å². The van der Waals surface area contributed by atoms with E-state index in [0.29, 0.717) is 6.04 Å². The van der Waals surface area contributed by atoms with E-state index < -0.39 is 0 Å². The van der Waals surface area contributed by atoms with Gasteiger partial charge in [-0.1, -0.05) is 26.8 Å². The van der Waals surface area contributed by atoms with Gasteiger partial charge >= 0.3 is 0 Å². The molecule has 1 N–H and O–H groups in total. The Labute approximate surface area is 137 Å². The molecular weight excluding hydrogens is 330 g/mol. The summed E-state index contributed by atoms with van der Waals surface area (Å²) in [6.45, 7) is 10.00. The molecule has 1 rings (SSSR count). The van der Waals surface area contributed by atoms with Crippen LogP contribution in [0.5, 0.6) is 11.5 Å². The Kier molecular flexibility index (Phi) is 7.01. The second kappa shape index (κ2) is 8.04. The van der Waals surface area contributed by atoms with Crippen LogP contribution in [0.2, 0.25) is 0 Å². The van der Waals surface area contributed by atoms with Gasteiger partial charge in [0.2, 0.25) is 0 Å². The normalized spacial score (nSPS) is 13.1. The topological polar surface area (TPSA) is 30.5 Å². The number of methoxy groups -OCH3 is 2. The molecule has 3 nitrogen and oxygen atoms in total. The van der Waals surface area contributed by atoms with Crippen molar-refractivity contribution >= 4 is 15.9 Å². The van der Waals surface area contributed by atoms with Crippen LogP contribution in [0, 0.1) is 0 Å². The van der Waals surface area contributed by atoms with Crippen LogP contribution in [0.25, 0.3) is 0 Å². The average molecular weight is 358 g/mol. The zero-order valence-corrected chi connectivity index (χ0v) is 15.6. The van der Waals surface area contributed by atoms with Gasteiger partial charge in [-0.05, 0) is 53.7 Å². The molecule has 21 heavy (non-hydrogen) atoms. The summed E-state index contributed by atoms with van der Waals surface area (Å²) in [6, 6.07) is 4.56. The van der Waals surface area contributed by atoms with Crippen LogP contribution in [0.3, 0.4) is 0 Å². The van der Waals surface area contributed by atoms with Gasteiger partial charge in [0.05, 0.1) is 14.2 Å². The standard InChI is InChI=1S/C17H28BrNO2/c1-7-10-19-12(2)11-17(3,4)13-8-9-14(20-5)15(18)16(13)21-6/h8-9,12,19H,7,10-11H2,1-6H3. The smallest absolute Gasteiger partial charge is 0.140 e. The van der Waals surface area contributed by atoms with E-state index in [1.807, 2.05) is 6.07 Å². The Hall–Kier alpha value is -0.740. The van der Waals surface area contributed by atoms with Gasteiger partial charge in [0.1, 0.15) is 16.0 Å². The number of benzene rings is 1. The molecule has 1 aromatic carbocycles. The van der Waals surface area contributed by atoms with Gasteiger partial charge in [-0.3, -0.25) is 0 Å². The molecule has 0 radical (unpaired) electrons. The molecule has 1 aromatic rings. The lowest BCUT2D eigenvalue weighted by Crippen LogP contribution is -2.33. The molecule has 0 spiro atoms. The molecule has 0 bridgehead atoms. The summed E-state index contributed by atoms with van der Waals surface area (Å²) in [6.07, 6.45) is 2.20. The van der Waals surface area contributed by atoms with Crippen LogP contribution in [-0.4, -0.2) is 26.8 Å². The maximum Gasteiger partial charge on any atom is 0.140 e. The Morgan fingerprint density at radius 3 is 2.43 bits per heavy atom. The van der Waals surface area contributed by atoms with Crippen molar-refractivity contribution in [3.05, 3.63) is 22.2 Å². The van der Waals surface area contributed by atoms with Crippen molar-refractivity contribution in [2.45, 2.75) is 52.0 Å². The third-order valence-electron chi connectivity index (χ3n) is 3.77. The van der Waals surface area contributed by atoms with E-state index >= 15 is 0 Å². The van der Waals surface area contributed by atoms with Gasteiger partial charge in [0, 0.05) is 11.6 Å². The lowest BCUT2D eigenvalue weighted by molar-refractivity contribution is 0.351. The summed E-state index contributed by atoms with van der Waals surface area (Å²) >= 11 is 3.59. The Bertz CT molecular complexity index is 460. The first kappa shape index (κ1) is 18.3. The zero-order valence-electron chi connectivity index (χ0n) is 14.0. The van der Waals surface area contributed by atoms with Gasteiger partial charge in [-0.25, -0.2) is 0 Å². The summed E-state index contributed by atoms with van der Waals surface area (Å²) in [5, 5.41) is 3.56. The molecular formula is C17H28BrNO2. The van der Waals surface area contributed by atoms with Crippen molar-refractivity contribution < 1.29 is 9.47 Å². The number of ether oxygens (including phenoxy) is 2. The maximum atomic E-state index is 5.62. The predicted molar refractivity (Wildman–Crippen MR) is 92.6 cm³/mol. The van der Waals surface area contributed by atoms with E-state index in [2.05, 4.69) is 55.0 Å². The second-order valence-electron chi connectivity index (χ2n) is 6.11. The highest BCUT2D eigenvalue weighted by Gasteiger charge is 2.28. The zero-order chi connectivity index (χ0) is 16.0. The summed E-state index contributed by atoms with van der Waals surface area (Å²) in [4.78, 5) is 0. The molecule has 120 valence electrons. The third-order valence-corrected chi connectivity index (χ3v) is 4.53. The Morgan fingerprint density at radius 2 is 1.90 bits per heavy atom. The summed E-state index contributed by atoms with van der Waals surface area (Å²) in [5.41, 5.74) is 1.21. The number of halogens is 1. The average Bonchev–Trinajstić information content (AvgIpc) is 2.44. The maximum absolute atomic E-state index is 5.62. The van der Waals surface area contributed by atoms with Gasteiger partial charge in [0.15, 0.2) is 0 Å². The number of rotatable bonds is 8. The van der Waals surface area contributed by atoms with Gasteiger partial charge in [-0.15, -0.1) is 0 Å². The fraction of sp³-hybridized carbons (Fsp3) is 0.647. The van der Waals surface area contributed by atoms with E-state index in [1.54, 1.807) is 14.2 Å². The predicted octanol–water partition coefficient (Wildman–Crippen LogP) is 4.52. The largest absolute Gasteiger partial charge is 0.495 e. The minimum Gasteiger partial charge on any atom is -0.495 e. The molecule has 0 aliphatic carbocycles. The number of nitrogens with one attached hydrogen (secondary N) is 1. The first-order valence-electron chi connectivity index (χ1n) is 7.51. The van der Waals surface area contributed by atoms with Crippen molar-refractivity contribution in [2.24, 2.45) is 0 Å². The van der Waals surface area contributed by atoms with Crippen molar-refractivity contribution in [3.63, 3.8) is 0 Å². The molecule has 0 fully saturated rings. The van der Waals surface area contributed by atoms with Gasteiger partial charge < -0.3 is 14.8 Å². The highest BCUT2D eigenvalue weighted by molar-refractivity contribution is 9.10. The Morgan fingerprint density at radius 1 is 1.24 bits per heavy atom. The van der Waals surface area contributed by atoms with Crippen LogP contribution in [-0.2, 0) is 5.41 Å². The highest BCUT2D eigenvalue weighted by Crippen LogP contribution is 2.43. The second-order valence-corrected chi connectivity index (χ2v) is 6.90. The molecule has 0 saturated carbocycles. The minimum atomic E-state index is 0.0142. The monoisotopic (exact) mass is 357 g/mol. The van der Waals surface area contributed by atoms with Crippen molar-refractivity contribution in [3.8, 4) is 11.5 Å². The fourth-order valence-corrected chi connectivity index (χ4v) is 3.44. The molecule has 1 atom stereocenters. The van der Waals surface area contributed by atoms with Crippen LogP contribution in [0.4, 0.5) is 0 Å². The van der Waals surface area contributed by atoms with Gasteiger partial charge in [-0.2, -0.15) is 0 Å². The lowest BCUT2D eigenvalue weighted by Gasteiger charge is -2.31. The molecule has 0 aromatic heterocycles. The first-order chi connectivity index (χ1) is 9.87. The van der Waals surface area contributed by atoms with Crippen molar-refractivity contribution in [2.75, 3.05) is 20.8 Å². The van der Waals surface area contributed by atoms with E-state index in [0.717, 1.165) is 35.4 Å². The molecule has 0 amide bonds.